The van der Waals surface area contributed by atoms with Crippen molar-refractivity contribution in [3.63, 3.8) is 0 Å². The van der Waals surface area contributed by atoms with Crippen LogP contribution in [0.15, 0.2) is 24.4 Å². The standard InChI is InChI=1S/C14H22N2O3S/c1-12(17)13-5-9-16(10-6-13)20(18,19)11-7-14-4-2-3-8-15-14/h2-4,8,12-13,17H,5-7,9-11H2,1H3. The van der Waals surface area contributed by atoms with Crippen molar-refractivity contribution in [3.8, 4) is 0 Å². The molecule has 0 aliphatic carbocycles. The average Bonchev–Trinajstić information content (AvgIpc) is 2.46. The van der Waals surface area contributed by atoms with Crippen LogP contribution in [0.4, 0.5) is 0 Å². The summed E-state index contributed by atoms with van der Waals surface area (Å²) < 4.78 is 26.1. The number of hydrogen-bond acceptors (Lipinski definition) is 4. The third kappa shape index (κ3) is 4.01. The highest BCUT2D eigenvalue weighted by atomic mass is 32.2. The molecular weight excluding hydrogens is 276 g/mol. The molecule has 0 spiro atoms. The number of aryl methyl sites for hydroxylation is 1. The zero-order valence-electron chi connectivity index (χ0n) is 11.8. The Bertz CT molecular complexity index is 508. The number of sulfonamides is 1. The normalized spacial score (nSPS) is 19.9. The molecule has 6 heteroatoms. The Morgan fingerprint density at radius 2 is 2.10 bits per heavy atom. The Balaban J connectivity index is 1.88. The zero-order valence-corrected chi connectivity index (χ0v) is 12.6. The first-order valence-corrected chi connectivity index (χ1v) is 8.66. The Kier molecular flexibility index (Phi) is 5.12. The Morgan fingerprint density at radius 3 is 2.65 bits per heavy atom. The fourth-order valence-electron chi connectivity index (χ4n) is 2.54. The van der Waals surface area contributed by atoms with Gasteiger partial charge in [-0.25, -0.2) is 12.7 Å². The molecular formula is C14H22N2O3S. The molecule has 0 saturated carbocycles. The molecule has 2 heterocycles. The number of piperidine rings is 1. The smallest absolute Gasteiger partial charge is 0.214 e. The molecule has 0 aromatic carbocycles. The number of aromatic nitrogens is 1. The lowest BCUT2D eigenvalue weighted by atomic mass is 9.93. The molecule has 0 radical (unpaired) electrons. The van der Waals surface area contributed by atoms with Crippen molar-refractivity contribution < 1.29 is 13.5 Å². The molecule has 0 amide bonds. The van der Waals surface area contributed by atoms with Gasteiger partial charge in [-0.05, 0) is 37.8 Å². The lowest BCUT2D eigenvalue weighted by Gasteiger charge is -2.32. The van der Waals surface area contributed by atoms with E-state index in [1.165, 1.54) is 0 Å². The molecule has 2 rings (SSSR count). The van der Waals surface area contributed by atoms with Crippen molar-refractivity contribution in [1.82, 2.24) is 9.29 Å². The van der Waals surface area contributed by atoms with Gasteiger partial charge < -0.3 is 5.11 Å². The van der Waals surface area contributed by atoms with E-state index in [2.05, 4.69) is 4.98 Å². The van der Waals surface area contributed by atoms with E-state index >= 15 is 0 Å². The number of hydrogen-bond donors (Lipinski definition) is 1. The first kappa shape index (κ1) is 15.4. The Morgan fingerprint density at radius 1 is 1.40 bits per heavy atom. The van der Waals surface area contributed by atoms with Crippen LogP contribution in [0.1, 0.15) is 25.5 Å². The highest BCUT2D eigenvalue weighted by Crippen LogP contribution is 2.22. The van der Waals surface area contributed by atoms with Crippen LogP contribution in [0, 0.1) is 5.92 Å². The van der Waals surface area contributed by atoms with Crippen molar-refractivity contribution in [2.75, 3.05) is 18.8 Å². The van der Waals surface area contributed by atoms with Crippen LogP contribution >= 0.6 is 0 Å². The Hall–Kier alpha value is -0.980. The maximum absolute atomic E-state index is 12.3. The van der Waals surface area contributed by atoms with E-state index in [1.807, 2.05) is 18.2 Å². The molecule has 1 aliphatic rings. The monoisotopic (exact) mass is 298 g/mol. The van der Waals surface area contributed by atoms with Crippen LogP contribution in [0.2, 0.25) is 0 Å². The van der Waals surface area contributed by atoms with Gasteiger partial charge in [0.15, 0.2) is 0 Å². The first-order valence-electron chi connectivity index (χ1n) is 7.05. The van der Waals surface area contributed by atoms with Gasteiger partial charge in [-0.15, -0.1) is 0 Å². The molecule has 1 unspecified atom stereocenters. The molecule has 20 heavy (non-hydrogen) atoms. The van der Waals surface area contributed by atoms with Crippen molar-refractivity contribution >= 4 is 10.0 Å². The van der Waals surface area contributed by atoms with Gasteiger partial charge >= 0.3 is 0 Å². The second kappa shape index (κ2) is 6.65. The van der Waals surface area contributed by atoms with E-state index in [0.717, 1.165) is 18.5 Å². The van der Waals surface area contributed by atoms with E-state index in [-0.39, 0.29) is 17.8 Å². The quantitative estimate of drug-likeness (QED) is 0.882. The van der Waals surface area contributed by atoms with E-state index in [4.69, 9.17) is 0 Å². The Labute approximate surface area is 120 Å². The molecule has 1 aliphatic heterocycles. The van der Waals surface area contributed by atoms with Gasteiger partial charge in [0.05, 0.1) is 11.9 Å². The van der Waals surface area contributed by atoms with Gasteiger partial charge in [0.25, 0.3) is 0 Å². The molecule has 1 aromatic rings. The molecule has 1 N–H and O–H groups in total. The maximum atomic E-state index is 12.3. The molecule has 112 valence electrons. The van der Waals surface area contributed by atoms with E-state index in [0.29, 0.717) is 19.5 Å². The number of aliphatic hydroxyl groups is 1. The van der Waals surface area contributed by atoms with E-state index < -0.39 is 10.0 Å². The maximum Gasteiger partial charge on any atom is 0.214 e. The highest BCUT2D eigenvalue weighted by Gasteiger charge is 2.29. The minimum atomic E-state index is -3.22. The first-order chi connectivity index (χ1) is 9.49. The summed E-state index contributed by atoms with van der Waals surface area (Å²) in [6, 6.07) is 5.52. The van der Waals surface area contributed by atoms with Crippen LogP contribution in [0.25, 0.3) is 0 Å². The zero-order chi connectivity index (χ0) is 14.6. The summed E-state index contributed by atoms with van der Waals surface area (Å²) in [5.41, 5.74) is 0.801. The summed E-state index contributed by atoms with van der Waals surface area (Å²) in [4.78, 5) is 4.15. The van der Waals surface area contributed by atoms with Crippen LogP contribution in [0.5, 0.6) is 0 Å². The predicted octanol–water partition coefficient (Wildman–Crippen LogP) is 1.05. The topological polar surface area (TPSA) is 70.5 Å². The van der Waals surface area contributed by atoms with Gasteiger partial charge in [-0.3, -0.25) is 4.98 Å². The minimum Gasteiger partial charge on any atom is -0.393 e. The van der Waals surface area contributed by atoms with Gasteiger partial charge in [0.2, 0.25) is 10.0 Å². The molecule has 5 nitrogen and oxygen atoms in total. The van der Waals surface area contributed by atoms with Crippen LogP contribution in [-0.4, -0.2) is 47.8 Å². The molecule has 1 saturated heterocycles. The number of rotatable bonds is 5. The van der Waals surface area contributed by atoms with E-state index in [1.54, 1.807) is 17.4 Å². The van der Waals surface area contributed by atoms with Crippen LogP contribution in [0.3, 0.4) is 0 Å². The lowest BCUT2D eigenvalue weighted by Crippen LogP contribution is -2.42. The number of pyridine rings is 1. The fourth-order valence-corrected chi connectivity index (χ4v) is 4.04. The summed E-state index contributed by atoms with van der Waals surface area (Å²) >= 11 is 0. The SMILES string of the molecule is CC(O)C1CCN(S(=O)(=O)CCc2ccccn2)CC1. The molecule has 1 fully saturated rings. The largest absolute Gasteiger partial charge is 0.393 e. The van der Waals surface area contributed by atoms with Crippen molar-refractivity contribution in [2.45, 2.75) is 32.3 Å². The second-order valence-electron chi connectivity index (χ2n) is 5.36. The van der Waals surface area contributed by atoms with Crippen molar-refractivity contribution in [3.05, 3.63) is 30.1 Å². The number of aliphatic hydroxyl groups excluding tert-OH is 1. The minimum absolute atomic E-state index is 0.101. The van der Waals surface area contributed by atoms with Crippen LogP contribution < -0.4 is 0 Å². The van der Waals surface area contributed by atoms with Crippen LogP contribution in [-0.2, 0) is 16.4 Å². The summed E-state index contributed by atoms with van der Waals surface area (Å²) in [6.45, 7) is 2.80. The second-order valence-corrected chi connectivity index (χ2v) is 7.45. The van der Waals surface area contributed by atoms with Gasteiger partial charge in [-0.1, -0.05) is 6.07 Å². The third-order valence-electron chi connectivity index (χ3n) is 3.92. The van der Waals surface area contributed by atoms with Gasteiger partial charge in [-0.2, -0.15) is 0 Å². The molecule has 1 aromatic heterocycles. The lowest BCUT2D eigenvalue weighted by molar-refractivity contribution is 0.0912. The van der Waals surface area contributed by atoms with Crippen molar-refractivity contribution in [2.24, 2.45) is 5.92 Å². The number of nitrogens with zero attached hydrogens (tertiary/aromatic N) is 2. The summed E-state index contributed by atoms with van der Waals surface area (Å²) in [5, 5.41) is 9.54. The average molecular weight is 298 g/mol. The fraction of sp³-hybridized carbons (Fsp3) is 0.643. The third-order valence-corrected chi connectivity index (χ3v) is 5.79. The molecule has 1 atom stereocenters. The van der Waals surface area contributed by atoms with Gasteiger partial charge in [0, 0.05) is 31.4 Å². The molecule has 0 bridgehead atoms. The summed E-state index contributed by atoms with van der Waals surface area (Å²) in [7, 11) is -3.22. The highest BCUT2D eigenvalue weighted by molar-refractivity contribution is 7.89. The van der Waals surface area contributed by atoms with E-state index in [9.17, 15) is 13.5 Å². The summed E-state index contributed by atoms with van der Waals surface area (Å²) in [6.07, 6.45) is 3.24. The summed E-state index contributed by atoms with van der Waals surface area (Å²) in [5.74, 6) is 0.320. The van der Waals surface area contributed by atoms with Crippen molar-refractivity contribution in [1.29, 1.82) is 0 Å². The predicted molar refractivity (Wildman–Crippen MR) is 77.7 cm³/mol. The van der Waals surface area contributed by atoms with Gasteiger partial charge in [0.1, 0.15) is 0 Å².